The van der Waals surface area contributed by atoms with Crippen LogP contribution >= 0.6 is 0 Å². The average Bonchev–Trinajstić information content (AvgIpc) is 3.01. The molecular formula is C19H21N3O5S. The summed E-state index contributed by atoms with van der Waals surface area (Å²) >= 11 is 0. The summed E-state index contributed by atoms with van der Waals surface area (Å²) in [5.41, 5.74) is 1.83. The van der Waals surface area contributed by atoms with Crippen LogP contribution in [0.4, 0.5) is 17.1 Å². The molecule has 1 atom stereocenters. The van der Waals surface area contributed by atoms with Gasteiger partial charge in [-0.15, -0.1) is 0 Å². The molecule has 1 amide bonds. The van der Waals surface area contributed by atoms with Crippen molar-refractivity contribution in [3.8, 4) is 0 Å². The Morgan fingerprint density at radius 2 is 1.96 bits per heavy atom. The zero-order chi connectivity index (χ0) is 20.3. The van der Waals surface area contributed by atoms with Crippen LogP contribution in [0.2, 0.25) is 0 Å². The molecule has 1 fully saturated rings. The summed E-state index contributed by atoms with van der Waals surface area (Å²) < 4.78 is 23.8. The highest BCUT2D eigenvalue weighted by atomic mass is 32.2. The first kappa shape index (κ1) is 19.8. The van der Waals surface area contributed by atoms with E-state index in [4.69, 9.17) is 0 Å². The number of nitro groups is 1. The van der Waals surface area contributed by atoms with Crippen molar-refractivity contribution in [2.24, 2.45) is 0 Å². The predicted molar refractivity (Wildman–Crippen MR) is 107 cm³/mol. The van der Waals surface area contributed by atoms with Gasteiger partial charge in [-0.1, -0.05) is 24.3 Å². The fourth-order valence-corrected chi connectivity index (χ4v) is 5.00. The minimum Gasteiger partial charge on any atom is -0.376 e. The number of carbonyl (C=O) groups excluding carboxylic acids is 1. The van der Waals surface area contributed by atoms with Crippen LogP contribution in [-0.2, 0) is 14.6 Å². The van der Waals surface area contributed by atoms with Crippen molar-refractivity contribution < 1.29 is 18.1 Å². The quantitative estimate of drug-likeness (QED) is 0.586. The largest absolute Gasteiger partial charge is 0.376 e. The first-order valence-electron chi connectivity index (χ1n) is 8.83. The van der Waals surface area contributed by atoms with Crippen LogP contribution in [0.25, 0.3) is 0 Å². The van der Waals surface area contributed by atoms with E-state index in [1.54, 1.807) is 37.3 Å². The molecule has 0 spiro atoms. The topological polar surface area (TPSA) is 110 Å². The van der Waals surface area contributed by atoms with E-state index < -0.39 is 20.8 Å². The highest BCUT2D eigenvalue weighted by molar-refractivity contribution is 7.91. The molecular weight excluding hydrogens is 382 g/mol. The first-order valence-corrected chi connectivity index (χ1v) is 10.7. The van der Waals surface area contributed by atoms with E-state index in [0.717, 1.165) is 5.56 Å². The fraction of sp³-hybridized carbons (Fsp3) is 0.316. The summed E-state index contributed by atoms with van der Waals surface area (Å²) in [6, 6.07) is 12.9. The molecule has 1 saturated heterocycles. The maximum atomic E-state index is 13.0. The zero-order valence-electron chi connectivity index (χ0n) is 15.4. The SMILES string of the molecule is Cc1ccc([N+](=O)[O-])cc1NCC(=O)N(c1ccccc1)C1CCS(=O)(=O)C1. The van der Waals surface area contributed by atoms with Crippen molar-refractivity contribution in [2.45, 2.75) is 19.4 Å². The van der Waals surface area contributed by atoms with Gasteiger partial charge in [0.25, 0.3) is 5.69 Å². The number of sulfone groups is 1. The lowest BCUT2D eigenvalue weighted by Crippen LogP contribution is -2.44. The van der Waals surface area contributed by atoms with Gasteiger partial charge in [-0.3, -0.25) is 14.9 Å². The second kappa shape index (κ2) is 7.97. The molecule has 1 aliphatic heterocycles. The molecule has 0 aliphatic carbocycles. The van der Waals surface area contributed by atoms with E-state index in [-0.39, 0.29) is 29.6 Å². The van der Waals surface area contributed by atoms with Crippen molar-refractivity contribution in [1.29, 1.82) is 0 Å². The standard InChI is InChI=1S/C19H21N3O5S/c1-14-7-8-16(22(24)25)11-18(14)20-12-19(23)21(15-5-3-2-4-6-15)17-9-10-28(26,27)13-17/h2-8,11,17,20H,9-10,12-13H2,1H3. The molecule has 0 radical (unpaired) electrons. The second-order valence-electron chi connectivity index (χ2n) is 6.77. The van der Waals surface area contributed by atoms with Crippen LogP contribution in [0.15, 0.2) is 48.5 Å². The first-order chi connectivity index (χ1) is 13.3. The third kappa shape index (κ3) is 4.48. The van der Waals surface area contributed by atoms with E-state index >= 15 is 0 Å². The van der Waals surface area contributed by atoms with Gasteiger partial charge in [-0.2, -0.15) is 0 Å². The highest BCUT2D eigenvalue weighted by Crippen LogP contribution is 2.26. The van der Waals surface area contributed by atoms with Gasteiger partial charge < -0.3 is 10.2 Å². The number of benzene rings is 2. The Labute approximate surface area is 163 Å². The van der Waals surface area contributed by atoms with E-state index in [9.17, 15) is 23.3 Å². The lowest BCUT2D eigenvalue weighted by Gasteiger charge is -2.28. The maximum Gasteiger partial charge on any atom is 0.271 e. The average molecular weight is 403 g/mol. The van der Waals surface area contributed by atoms with E-state index in [1.165, 1.54) is 17.0 Å². The number of para-hydroxylation sites is 1. The molecule has 2 aromatic carbocycles. The molecule has 148 valence electrons. The molecule has 1 heterocycles. The van der Waals surface area contributed by atoms with Gasteiger partial charge in [-0.05, 0) is 31.0 Å². The number of hydrogen-bond donors (Lipinski definition) is 1. The number of hydrogen-bond acceptors (Lipinski definition) is 6. The summed E-state index contributed by atoms with van der Waals surface area (Å²) in [5.74, 6) is -0.297. The molecule has 9 heteroatoms. The summed E-state index contributed by atoms with van der Waals surface area (Å²) in [4.78, 5) is 25.0. The summed E-state index contributed by atoms with van der Waals surface area (Å²) in [6.45, 7) is 1.68. The Bertz CT molecular complexity index is 992. The van der Waals surface area contributed by atoms with Crippen molar-refractivity contribution in [2.75, 3.05) is 28.3 Å². The number of non-ortho nitro benzene ring substituents is 1. The molecule has 0 saturated carbocycles. The van der Waals surface area contributed by atoms with Gasteiger partial charge >= 0.3 is 0 Å². The van der Waals surface area contributed by atoms with Crippen LogP contribution in [0.3, 0.4) is 0 Å². The van der Waals surface area contributed by atoms with Crippen molar-refractivity contribution in [3.05, 3.63) is 64.2 Å². The zero-order valence-corrected chi connectivity index (χ0v) is 16.2. The third-order valence-corrected chi connectivity index (χ3v) is 6.49. The molecule has 1 unspecified atom stereocenters. The number of rotatable bonds is 6. The predicted octanol–water partition coefficient (Wildman–Crippen LogP) is 2.54. The monoisotopic (exact) mass is 403 g/mol. The molecule has 1 N–H and O–H groups in total. The van der Waals surface area contributed by atoms with Crippen LogP contribution < -0.4 is 10.2 Å². The Balaban J connectivity index is 1.81. The van der Waals surface area contributed by atoms with Gasteiger partial charge in [0.1, 0.15) is 0 Å². The van der Waals surface area contributed by atoms with Gasteiger partial charge in [0.05, 0.1) is 29.0 Å². The molecule has 1 aliphatic rings. The molecule has 2 aromatic rings. The number of amides is 1. The van der Waals surface area contributed by atoms with E-state index in [2.05, 4.69) is 5.32 Å². The molecule has 3 rings (SSSR count). The van der Waals surface area contributed by atoms with Crippen molar-refractivity contribution >= 4 is 32.8 Å². The van der Waals surface area contributed by atoms with Gasteiger partial charge in [0.15, 0.2) is 9.84 Å². The Kier molecular flexibility index (Phi) is 5.64. The second-order valence-corrected chi connectivity index (χ2v) is 8.99. The smallest absolute Gasteiger partial charge is 0.271 e. The van der Waals surface area contributed by atoms with Crippen LogP contribution in [-0.4, -0.2) is 43.3 Å². The molecule has 0 bridgehead atoms. The minimum absolute atomic E-state index is 0.0612. The van der Waals surface area contributed by atoms with Crippen LogP contribution in [0.1, 0.15) is 12.0 Å². The summed E-state index contributed by atoms with van der Waals surface area (Å²) in [7, 11) is -3.16. The van der Waals surface area contributed by atoms with E-state index in [1.807, 2.05) is 6.07 Å². The Hall–Kier alpha value is -2.94. The lowest BCUT2D eigenvalue weighted by molar-refractivity contribution is -0.384. The fourth-order valence-electron chi connectivity index (χ4n) is 3.30. The normalized spacial score (nSPS) is 17.8. The van der Waals surface area contributed by atoms with Crippen LogP contribution in [0, 0.1) is 17.0 Å². The summed E-state index contributed by atoms with van der Waals surface area (Å²) in [5, 5.41) is 13.9. The van der Waals surface area contributed by atoms with E-state index in [0.29, 0.717) is 17.8 Å². The lowest BCUT2D eigenvalue weighted by atomic mass is 10.1. The number of aryl methyl sites for hydroxylation is 1. The molecule has 28 heavy (non-hydrogen) atoms. The minimum atomic E-state index is -3.16. The number of nitro benzene ring substituents is 1. The number of nitrogens with one attached hydrogen (secondary N) is 1. The Morgan fingerprint density at radius 3 is 2.57 bits per heavy atom. The number of carbonyl (C=O) groups is 1. The van der Waals surface area contributed by atoms with Crippen molar-refractivity contribution in [3.63, 3.8) is 0 Å². The maximum absolute atomic E-state index is 13.0. The van der Waals surface area contributed by atoms with Crippen molar-refractivity contribution in [1.82, 2.24) is 0 Å². The molecule has 0 aromatic heterocycles. The highest BCUT2D eigenvalue weighted by Gasteiger charge is 2.35. The van der Waals surface area contributed by atoms with Gasteiger partial charge in [-0.25, -0.2) is 8.42 Å². The van der Waals surface area contributed by atoms with Crippen LogP contribution in [0.5, 0.6) is 0 Å². The van der Waals surface area contributed by atoms with Gasteiger partial charge in [0.2, 0.25) is 5.91 Å². The Morgan fingerprint density at radius 1 is 1.25 bits per heavy atom. The number of nitrogens with zero attached hydrogens (tertiary/aromatic N) is 2. The third-order valence-electron chi connectivity index (χ3n) is 4.74. The number of anilines is 2. The molecule has 8 nitrogen and oxygen atoms in total. The van der Waals surface area contributed by atoms with Gasteiger partial charge in [0, 0.05) is 23.5 Å². The summed E-state index contributed by atoms with van der Waals surface area (Å²) in [6.07, 6.45) is 0.388.